The van der Waals surface area contributed by atoms with Gasteiger partial charge in [-0.15, -0.1) is 0 Å². The first-order valence-electron chi connectivity index (χ1n) is 8.24. The molecule has 0 saturated carbocycles. The van der Waals surface area contributed by atoms with E-state index in [1.807, 2.05) is 0 Å². The number of piperidine rings is 1. The van der Waals surface area contributed by atoms with Gasteiger partial charge in [0.1, 0.15) is 5.75 Å². The first-order valence-corrected chi connectivity index (χ1v) is 8.24. The van der Waals surface area contributed by atoms with E-state index in [9.17, 15) is 9.59 Å². The molecule has 23 heavy (non-hydrogen) atoms. The van der Waals surface area contributed by atoms with E-state index in [4.69, 9.17) is 4.74 Å². The summed E-state index contributed by atoms with van der Waals surface area (Å²) in [6.07, 6.45) is 1.47. The fourth-order valence-electron chi connectivity index (χ4n) is 3.87. The van der Waals surface area contributed by atoms with Crippen LogP contribution in [0.4, 0.5) is 5.69 Å². The van der Waals surface area contributed by atoms with Crippen LogP contribution in [0.25, 0.3) is 0 Å². The molecule has 0 aromatic heterocycles. The van der Waals surface area contributed by atoms with Crippen LogP contribution in [0.1, 0.15) is 26.7 Å². The summed E-state index contributed by atoms with van der Waals surface area (Å²) in [5, 5.41) is 0. The summed E-state index contributed by atoms with van der Waals surface area (Å²) in [4.78, 5) is 28.7. The van der Waals surface area contributed by atoms with Crippen LogP contribution in [-0.4, -0.2) is 43.0 Å². The third kappa shape index (κ3) is 3.11. The number of amides is 2. The molecule has 0 bridgehead atoms. The number of methoxy groups -OCH3 is 1. The van der Waals surface area contributed by atoms with E-state index in [1.54, 1.807) is 31.4 Å². The van der Waals surface area contributed by atoms with Gasteiger partial charge < -0.3 is 4.74 Å². The molecule has 0 radical (unpaired) electrons. The number of hydrogen-bond acceptors (Lipinski definition) is 4. The standard InChI is InChI=1S/C18H24N2O3/c1-12-8-13(2)11-19(10-12)16-9-17(21)20(18(16)22)14-4-6-15(23-3)7-5-14/h4-7,12-13,16H,8-11H2,1-3H3/t12-,13+,16-/m1/s1. The fourth-order valence-corrected chi connectivity index (χ4v) is 3.87. The molecular weight excluding hydrogens is 292 g/mol. The van der Waals surface area contributed by atoms with Crippen molar-refractivity contribution in [1.82, 2.24) is 4.90 Å². The van der Waals surface area contributed by atoms with Crippen LogP contribution in [0.2, 0.25) is 0 Å². The Hall–Kier alpha value is -1.88. The quantitative estimate of drug-likeness (QED) is 0.803. The summed E-state index contributed by atoms with van der Waals surface area (Å²) >= 11 is 0. The normalized spacial score (nSPS) is 29.2. The SMILES string of the molecule is COc1ccc(N2C(=O)C[C@@H](N3C[C@H](C)C[C@H](C)C3)C2=O)cc1. The maximum Gasteiger partial charge on any atom is 0.251 e. The molecule has 0 spiro atoms. The van der Waals surface area contributed by atoms with Crippen LogP contribution in [0.3, 0.4) is 0 Å². The maximum atomic E-state index is 12.8. The Morgan fingerprint density at radius 2 is 1.65 bits per heavy atom. The smallest absolute Gasteiger partial charge is 0.251 e. The predicted octanol–water partition coefficient (Wildman–Crippen LogP) is 2.31. The molecular formula is C18H24N2O3. The number of nitrogens with zero attached hydrogens (tertiary/aromatic N) is 2. The van der Waals surface area contributed by atoms with Crippen molar-refractivity contribution in [1.29, 1.82) is 0 Å². The average molecular weight is 316 g/mol. The van der Waals surface area contributed by atoms with Gasteiger partial charge in [-0.2, -0.15) is 0 Å². The van der Waals surface area contributed by atoms with Gasteiger partial charge in [-0.1, -0.05) is 13.8 Å². The minimum atomic E-state index is -0.310. The lowest BCUT2D eigenvalue weighted by Crippen LogP contribution is -2.48. The van der Waals surface area contributed by atoms with Crippen molar-refractivity contribution in [3.63, 3.8) is 0 Å². The van der Waals surface area contributed by atoms with Crippen LogP contribution < -0.4 is 9.64 Å². The number of imide groups is 1. The van der Waals surface area contributed by atoms with Gasteiger partial charge in [-0.3, -0.25) is 14.5 Å². The lowest BCUT2D eigenvalue weighted by molar-refractivity contribution is -0.123. The first kappa shape index (κ1) is 16.0. The zero-order valence-corrected chi connectivity index (χ0v) is 14.0. The Balaban J connectivity index is 1.79. The van der Waals surface area contributed by atoms with Crippen LogP contribution in [0, 0.1) is 11.8 Å². The first-order chi connectivity index (χ1) is 11.0. The summed E-state index contributed by atoms with van der Waals surface area (Å²) in [6, 6.07) is 6.76. The largest absolute Gasteiger partial charge is 0.497 e. The van der Waals surface area contributed by atoms with Crippen molar-refractivity contribution in [2.45, 2.75) is 32.7 Å². The van der Waals surface area contributed by atoms with Gasteiger partial charge in [0, 0.05) is 13.1 Å². The summed E-state index contributed by atoms with van der Waals surface area (Å²) in [7, 11) is 1.59. The highest BCUT2D eigenvalue weighted by Gasteiger charge is 2.44. The van der Waals surface area contributed by atoms with E-state index in [1.165, 1.54) is 11.3 Å². The minimum Gasteiger partial charge on any atom is -0.497 e. The Labute approximate surface area is 137 Å². The number of ether oxygens (including phenoxy) is 1. The fraction of sp³-hybridized carbons (Fsp3) is 0.556. The Morgan fingerprint density at radius 1 is 1.04 bits per heavy atom. The summed E-state index contributed by atoms with van der Waals surface area (Å²) < 4.78 is 5.13. The molecule has 1 aromatic carbocycles. The second kappa shape index (κ2) is 6.32. The van der Waals surface area contributed by atoms with E-state index in [0.717, 1.165) is 13.1 Å². The van der Waals surface area contributed by atoms with Gasteiger partial charge in [-0.05, 0) is 42.5 Å². The van der Waals surface area contributed by atoms with E-state index in [-0.39, 0.29) is 24.3 Å². The molecule has 5 nitrogen and oxygen atoms in total. The summed E-state index contributed by atoms with van der Waals surface area (Å²) in [5.41, 5.74) is 0.626. The topological polar surface area (TPSA) is 49.9 Å². The molecule has 0 unspecified atom stereocenters. The van der Waals surface area contributed by atoms with Crippen LogP contribution in [-0.2, 0) is 9.59 Å². The van der Waals surface area contributed by atoms with E-state index in [0.29, 0.717) is 23.3 Å². The Bertz CT molecular complexity index is 589. The third-order valence-corrected chi connectivity index (χ3v) is 4.79. The third-order valence-electron chi connectivity index (χ3n) is 4.79. The lowest BCUT2D eigenvalue weighted by Gasteiger charge is -2.37. The van der Waals surface area contributed by atoms with Gasteiger partial charge in [0.25, 0.3) is 5.91 Å². The van der Waals surface area contributed by atoms with Crippen molar-refractivity contribution >= 4 is 17.5 Å². The van der Waals surface area contributed by atoms with E-state index >= 15 is 0 Å². The highest BCUT2D eigenvalue weighted by molar-refractivity contribution is 6.22. The van der Waals surface area contributed by atoms with Gasteiger partial charge in [-0.25, -0.2) is 4.90 Å². The van der Waals surface area contributed by atoms with Crippen molar-refractivity contribution in [2.24, 2.45) is 11.8 Å². The van der Waals surface area contributed by atoms with Gasteiger partial charge >= 0.3 is 0 Å². The Morgan fingerprint density at radius 3 is 2.22 bits per heavy atom. The zero-order chi connectivity index (χ0) is 16.6. The van der Waals surface area contributed by atoms with Crippen LogP contribution >= 0.6 is 0 Å². The molecule has 2 amide bonds. The molecule has 5 heteroatoms. The average Bonchev–Trinajstić information content (AvgIpc) is 2.81. The van der Waals surface area contributed by atoms with Crippen molar-refractivity contribution in [3.8, 4) is 5.75 Å². The van der Waals surface area contributed by atoms with E-state index in [2.05, 4.69) is 18.7 Å². The molecule has 3 atom stereocenters. The molecule has 2 heterocycles. The second-order valence-corrected chi connectivity index (χ2v) is 6.89. The summed E-state index contributed by atoms with van der Waals surface area (Å²) in [5.74, 6) is 1.63. The van der Waals surface area contributed by atoms with Crippen molar-refractivity contribution < 1.29 is 14.3 Å². The molecule has 2 aliphatic heterocycles. The second-order valence-electron chi connectivity index (χ2n) is 6.89. The number of anilines is 1. The molecule has 3 rings (SSSR count). The van der Waals surface area contributed by atoms with Gasteiger partial charge in [0.15, 0.2) is 0 Å². The van der Waals surface area contributed by atoms with Crippen molar-refractivity contribution in [3.05, 3.63) is 24.3 Å². The number of carbonyl (C=O) groups is 2. The molecule has 2 saturated heterocycles. The molecule has 2 aliphatic rings. The number of likely N-dealkylation sites (tertiary alicyclic amines) is 1. The molecule has 2 fully saturated rings. The number of carbonyl (C=O) groups excluding carboxylic acids is 2. The van der Waals surface area contributed by atoms with Gasteiger partial charge in [0.2, 0.25) is 5.91 Å². The van der Waals surface area contributed by atoms with Crippen molar-refractivity contribution in [2.75, 3.05) is 25.1 Å². The van der Waals surface area contributed by atoms with Crippen LogP contribution in [0.5, 0.6) is 5.75 Å². The Kier molecular flexibility index (Phi) is 4.39. The highest BCUT2D eigenvalue weighted by Crippen LogP contribution is 2.30. The molecule has 0 N–H and O–H groups in total. The number of benzene rings is 1. The summed E-state index contributed by atoms with van der Waals surface area (Å²) in [6.45, 7) is 6.21. The maximum absolute atomic E-state index is 12.8. The monoisotopic (exact) mass is 316 g/mol. The van der Waals surface area contributed by atoms with Crippen LogP contribution in [0.15, 0.2) is 24.3 Å². The number of hydrogen-bond donors (Lipinski definition) is 0. The predicted molar refractivity (Wildman–Crippen MR) is 88.4 cm³/mol. The minimum absolute atomic E-state index is 0.0959. The highest BCUT2D eigenvalue weighted by atomic mass is 16.5. The zero-order valence-electron chi connectivity index (χ0n) is 14.0. The van der Waals surface area contributed by atoms with Gasteiger partial charge in [0.05, 0.1) is 25.3 Å². The number of rotatable bonds is 3. The molecule has 0 aliphatic carbocycles. The molecule has 124 valence electrons. The van der Waals surface area contributed by atoms with E-state index < -0.39 is 0 Å². The lowest BCUT2D eigenvalue weighted by atomic mass is 9.90. The molecule has 1 aromatic rings.